The standard InChI is InChI=1S/C23H28O7S/c1-23(2,3)16-28-31(25,26)30-21-14-18(13-19-10-12-22(24)29-19)9-11-20(21)27-15-17-7-5-4-6-8-17/h4-9,11,14,19H,10,12-13,15-16H2,1-3H3/t19-/m0/s1. The zero-order valence-corrected chi connectivity index (χ0v) is 18.8. The first kappa shape index (κ1) is 23.1. The third-order valence-corrected chi connectivity index (χ3v) is 5.30. The molecule has 0 radical (unpaired) electrons. The van der Waals surface area contributed by atoms with E-state index in [2.05, 4.69) is 0 Å². The van der Waals surface area contributed by atoms with Gasteiger partial charge in [-0.15, -0.1) is 0 Å². The highest BCUT2D eigenvalue weighted by Gasteiger charge is 2.25. The first-order valence-electron chi connectivity index (χ1n) is 10.2. The van der Waals surface area contributed by atoms with Crippen LogP contribution >= 0.6 is 0 Å². The highest BCUT2D eigenvalue weighted by atomic mass is 32.3. The van der Waals surface area contributed by atoms with Gasteiger partial charge in [-0.1, -0.05) is 57.2 Å². The fraction of sp³-hybridized carbons (Fsp3) is 0.435. The smallest absolute Gasteiger partial charge is 0.449 e. The van der Waals surface area contributed by atoms with Crippen molar-refractivity contribution < 1.29 is 31.1 Å². The molecule has 0 spiro atoms. The first-order chi connectivity index (χ1) is 14.6. The van der Waals surface area contributed by atoms with Crippen LogP contribution in [0.3, 0.4) is 0 Å². The van der Waals surface area contributed by atoms with Gasteiger partial charge in [0.2, 0.25) is 0 Å². The molecule has 2 aromatic rings. The number of cyclic esters (lactones) is 1. The molecule has 0 saturated carbocycles. The Kier molecular flexibility index (Phi) is 7.23. The Labute approximate surface area is 183 Å². The van der Waals surface area contributed by atoms with Gasteiger partial charge in [0, 0.05) is 12.8 Å². The number of ether oxygens (including phenoxy) is 2. The van der Waals surface area contributed by atoms with E-state index in [-0.39, 0.29) is 42.2 Å². The molecule has 2 aromatic carbocycles. The maximum Gasteiger partial charge on any atom is 0.449 e. The summed E-state index contributed by atoms with van der Waals surface area (Å²) in [4.78, 5) is 11.4. The second-order valence-electron chi connectivity index (χ2n) is 8.72. The average molecular weight is 449 g/mol. The van der Waals surface area contributed by atoms with E-state index in [4.69, 9.17) is 17.8 Å². The molecule has 168 valence electrons. The molecule has 1 fully saturated rings. The Morgan fingerprint density at radius 2 is 1.77 bits per heavy atom. The molecule has 1 saturated heterocycles. The average Bonchev–Trinajstić information content (AvgIpc) is 3.11. The van der Waals surface area contributed by atoms with Crippen LogP contribution in [0.4, 0.5) is 0 Å². The summed E-state index contributed by atoms with van der Waals surface area (Å²) in [6.07, 6.45) is 1.25. The molecule has 31 heavy (non-hydrogen) atoms. The number of carbonyl (C=O) groups is 1. The fourth-order valence-electron chi connectivity index (χ4n) is 2.97. The minimum atomic E-state index is -4.29. The van der Waals surface area contributed by atoms with Gasteiger partial charge in [-0.3, -0.25) is 4.79 Å². The van der Waals surface area contributed by atoms with E-state index in [1.54, 1.807) is 12.1 Å². The number of rotatable bonds is 9. The Balaban J connectivity index is 1.78. The molecule has 0 amide bonds. The zero-order chi connectivity index (χ0) is 22.5. The summed E-state index contributed by atoms with van der Waals surface area (Å²) < 4.78 is 46.2. The second kappa shape index (κ2) is 9.70. The van der Waals surface area contributed by atoms with E-state index in [1.165, 1.54) is 0 Å². The van der Waals surface area contributed by atoms with E-state index in [1.807, 2.05) is 57.2 Å². The summed E-state index contributed by atoms with van der Waals surface area (Å²) in [6, 6.07) is 14.6. The highest BCUT2D eigenvalue weighted by molar-refractivity contribution is 7.82. The minimum Gasteiger partial charge on any atom is -0.485 e. The Bertz CT molecular complexity index is 994. The summed E-state index contributed by atoms with van der Waals surface area (Å²) in [5.74, 6) is 0.0908. The normalized spacial score (nSPS) is 16.7. The second-order valence-corrected chi connectivity index (χ2v) is 9.94. The van der Waals surface area contributed by atoms with E-state index in [0.29, 0.717) is 19.3 Å². The van der Waals surface area contributed by atoms with Crippen molar-refractivity contribution in [1.82, 2.24) is 0 Å². The van der Waals surface area contributed by atoms with E-state index >= 15 is 0 Å². The molecular formula is C23H28O7S. The van der Waals surface area contributed by atoms with Crippen LogP contribution < -0.4 is 8.92 Å². The summed E-state index contributed by atoms with van der Waals surface area (Å²) in [5.41, 5.74) is 1.35. The first-order valence-corrected chi connectivity index (χ1v) is 11.5. The van der Waals surface area contributed by atoms with Crippen molar-refractivity contribution in [2.75, 3.05) is 6.61 Å². The van der Waals surface area contributed by atoms with Crippen molar-refractivity contribution in [3.05, 3.63) is 59.7 Å². The topological polar surface area (TPSA) is 88.1 Å². The summed E-state index contributed by atoms with van der Waals surface area (Å²) in [7, 11) is -4.29. The Morgan fingerprint density at radius 1 is 1.03 bits per heavy atom. The van der Waals surface area contributed by atoms with Gasteiger partial charge in [0.05, 0.1) is 6.61 Å². The number of carbonyl (C=O) groups excluding carboxylic acids is 1. The predicted octanol–water partition coefficient (Wildman–Crippen LogP) is 4.20. The molecule has 1 atom stereocenters. The van der Waals surface area contributed by atoms with Gasteiger partial charge >= 0.3 is 16.4 Å². The molecule has 0 bridgehead atoms. The van der Waals surface area contributed by atoms with Crippen LogP contribution in [0.25, 0.3) is 0 Å². The van der Waals surface area contributed by atoms with Crippen LogP contribution in [-0.2, 0) is 37.1 Å². The van der Waals surface area contributed by atoms with Crippen LogP contribution in [0.1, 0.15) is 44.7 Å². The third-order valence-electron chi connectivity index (χ3n) is 4.51. The summed E-state index contributed by atoms with van der Waals surface area (Å²) >= 11 is 0. The van der Waals surface area contributed by atoms with E-state index < -0.39 is 10.4 Å². The lowest BCUT2D eigenvalue weighted by atomic mass is 9.99. The maximum absolute atomic E-state index is 12.4. The van der Waals surface area contributed by atoms with E-state index in [0.717, 1.165) is 11.1 Å². The zero-order valence-electron chi connectivity index (χ0n) is 18.0. The molecule has 1 aliphatic heterocycles. The van der Waals surface area contributed by atoms with Crippen LogP contribution in [0.5, 0.6) is 11.5 Å². The molecule has 1 aliphatic rings. The molecule has 0 aliphatic carbocycles. The predicted molar refractivity (Wildman–Crippen MR) is 115 cm³/mol. The van der Waals surface area contributed by atoms with Gasteiger partial charge < -0.3 is 13.7 Å². The lowest BCUT2D eigenvalue weighted by Crippen LogP contribution is -2.22. The molecule has 0 aromatic heterocycles. The lowest BCUT2D eigenvalue weighted by molar-refractivity contribution is -0.141. The van der Waals surface area contributed by atoms with Gasteiger partial charge in [0.1, 0.15) is 12.7 Å². The van der Waals surface area contributed by atoms with Gasteiger partial charge in [-0.25, -0.2) is 4.18 Å². The molecule has 8 heteroatoms. The Hall–Kier alpha value is -2.58. The maximum atomic E-state index is 12.4. The van der Waals surface area contributed by atoms with Gasteiger partial charge in [-0.2, -0.15) is 8.42 Å². The van der Waals surface area contributed by atoms with Gasteiger partial charge in [-0.05, 0) is 35.1 Å². The molecular weight excluding hydrogens is 420 g/mol. The van der Waals surface area contributed by atoms with Crippen LogP contribution in [0.15, 0.2) is 48.5 Å². The molecule has 7 nitrogen and oxygen atoms in total. The molecule has 0 unspecified atom stereocenters. The number of hydrogen-bond donors (Lipinski definition) is 0. The molecule has 1 heterocycles. The largest absolute Gasteiger partial charge is 0.485 e. The van der Waals surface area contributed by atoms with Crippen molar-refractivity contribution in [3.63, 3.8) is 0 Å². The van der Waals surface area contributed by atoms with Crippen molar-refractivity contribution in [1.29, 1.82) is 0 Å². The number of esters is 1. The highest BCUT2D eigenvalue weighted by Crippen LogP contribution is 2.32. The van der Waals surface area contributed by atoms with Gasteiger partial charge in [0.25, 0.3) is 0 Å². The van der Waals surface area contributed by atoms with Gasteiger partial charge in [0.15, 0.2) is 11.5 Å². The quantitative estimate of drug-likeness (QED) is 0.531. The molecule has 0 N–H and O–H groups in total. The SMILES string of the molecule is CC(C)(C)COS(=O)(=O)Oc1cc(C[C@@H]2CCC(=O)O2)ccc1OCc1ccccc1. The summed E-state index contributed by atoms with van der Waals surface area (Å²) in [5, 5.41) is 0. The van der Waals surface area contributed by atoms with Crippen molar-refractivity contribution in [3.8, 4) is 11.5 Å². The van der Waals surface area contributed by atoms with Crippen LogP contribution in [0, 0.1) is 5.41 Å². The van der Waals surface area contributed by atoms with Crippen LogP contribution in [0.2, 0.25) is 0 Å². The van der Waals surface area contributed by atoms with Crippen molar-refractivity contribution >= 4 is 16.4 Å². The Morgan fingerprint density at radius 3 is 2.42 bits per heavy atom. The number of hydrogen-bond acceptors (Lipinski definition) is 7. The third kappa shape index (κ3) is 7.56. The monoisotopic (exact) mass is 448 g/mol. The van der Waals surface area contributed by atoms with E-state index in [9.17, 15) is 13.2 Å². The lowest BCUT2D eigenvalue weighted by Gasteiger charge is -2.19. The van der Waals surface area contributed by atoms with Crippen molar-refractivity contribution in [2.24, 2.45) is 5.41 Å². The minimum absolute atomic E-state index is 0.0206. The van der Waals surface area contributed by atoms with Crippen molar-refractivity contribution in [2.45, 2.75) is 52.7 Å². The van der Waals surface area contributed by atoms with Crippen LogP contribution in [-0.4, -0.2) is 27.1 Å². The summed E-state index contributed by atoms with van der Waals surface area (Å²) in [6.45, 7) is 5.81. The fourth-order valence-corrected chi connectivity index (χ4v) is 3.87. The number of benzene rings is 2. The molecule has 3 rings (SSSR count).